The Morgan fingerprint density at radius 2 is 2.09 bits per heavy atom. The van der Waals surface area contributed by atoms with Gasteiger partial charge in [-0.15, -0.1) is 0 Å². The lowest BCUT2D eigenvalue weighted by Crippen LogP contribution is -2.35. The average Bonchev–Trinajstić information content (AvgIpc) is 2.54. The molecule has 23 heavy (non-hydrogen) atoms. The van der Waals surface area contributed by atoms with Gasteiger partial charge in [0.2, 0.25) is 0 Å². The van der Waals surface area contributed by atoms with Gasteiger partial charge >= 0.3 is 5.63 Å². The van der Waals surface area contributed by atoms with Gasteiger partial charge in [0, 0.05) is 23.1 Å². The molecule has 2 N–H and O–H groups in total. The molecule has 2 heterocycles. The molecule has 3 rings (SSSR count). The first-order chi connectivity index (χ1) is 11.1. The smallest absolute Gasteiger partial charge is 0.336 e. The average molecular weight is 309 g/mol. The van der Waals surface area contributed by atoms with E-state index in [-0.39, 0.29) is 5.63 Å². The number of carbonyl (C=O) groups is 1. The van der Waals surface area contributed by atoms with Crippen molar-refractivity contribution in [2.45, 2.75) is 19.9 Å². The largest absolute Gasteiger partial charge is 0.423 e. The summed E-state index contributed by atoms with van der Waals surface area (Å²) in [4.78, 5) is 23.1. The molecule has 0 unspecified atom stereocenters. The molecule has 116 valence electrons. The van der Waals surface area contributed by atoms with Crippen LogP contribution in [0.15, 0.2) is 58.0 Å². The Morgan fingerprint density at radius 3 is 2.83 bits per heavy atom. The van der Waals surface area contributed by atoms with Crippen LogP contribution in [0.3, 0.4) is 0 Å². The van der Waals surface area contributed by atoms with E-state index in [0.29, 0.717) is 17.7 Å². The van der Waals surface area contributed by atoms with Crippen LogP contribution in [-0.2, 0) is 13.0 Å². The van der Waals surface area contributed by atoms with Crippen LogP contribution >= 0.6 is 0 Å². The van der Waals surface area contributed by atoms with E-state index in [1.54, 1.807) is 18.3 Å². The summed E-state index contributed by atoms with van der Waals surface area (Å²) in [6.45, 7) is 2.50. The molecule has 0 fully saturated rings. The Morgan fingerprint density at radius 1 is 1.26 bits per heavy atom. The molecule has 5 nitrogen and oxygen atoms in total. The van der Waals surface area contributed by atoms with E-state index >= 15 is 0 Å². The second kappa shape index (κ2) is 6.04. The zero-order chi connectivity index (χ0) is 16.4. The molecule has 0 aliphatic heterocycles. The van der Waals surface area contributed by atoms with Gasteiger partial charge in [-0.1, -0.05) is 19.1 Å². The van der Waals surface area contributed by atoms with Crippen LogP contribution in [0, 0.1) is 0 Å². The van der Waals surface area contributed by atoms with Crippen molar-refractivity contribution in [2.75, 3.05) is 0 Å². The lowest BCUT2D eigenvalue weighted by Gasteiger charge is -2.05. The predicted octanol–water partition coefficient (Wildman–Crippen LogP) is 1.79. The molecule has 2 aromatic heterocycles. The molecule has 0 aliphatic carbocycles. The van der Waals surface area contributed by atoms with Crippen molar-refractivity contribution in [1.82, 2.24) is 0 Å². The Hall–Kier alpha value is -2.95. The van der Waals surface area contributed by atoms with Gasteiger partial charge in [0.25, 0.3) is 5.91 Å². The van der Waals surface area contributed by atoms with Gasteiger partial charge in [-0.3, -0.25) is 4.79 Å². The normalized spacial score (nSPS) is 10.8. The highest BCUT2D eigenvalue weighted by Gasteiger charge is 2.12. The van der Waals surface area contributed by atoms with Crippen LogP contribution in [-0.4, -0.2) is 5.91 Å². The van der Waals surface area contributed by atoms with Crippen molar-refractivity contribution < 1.29 is 13.8 Å². The lowest BCUT2D eigenvalue weighted by atomic mass is 10.1. The molecule has 5 heteroatoms. The molecule has 0 spiro atoms. The summed E-state index contributed by atoms with van der Waals surface area (Å²) in [5.41, 5.74) is 7.88. The van der Waals surface area contributed by atoms with E-state index < -0.39 is 5.91 Å². The van der Waals surface area contributed by atoms with Gasteiger partial charge in [0.15, 0.2) is 18.9 Å². The molecule has 0 radical (unpaired) electrons. The van der Waals surface area contributed by atoms with Gasteiger partial charge in [0.1, 0.15) is 11.1 Å². The number of hydrogen-bond donors (Lipinski definition) is 1. The molecule has 0 saturated heterocycles. The van der Waals surface area contributed by atoms with Gasteiger partial charge in [-0.2, -0.15) is 4.57 Å². The first kappa shape index (κ1) is 15.0. The second-order valence-electron chi connectivity index (χ2n) is 5.40. The Labute approximate surface area is 133 Å². The Balaban J connectivity index is 2.07. The fourth-order valence-corrected chi connectivity index (χ4v) is 2.59. The number of nitrogens with two attached hydrogens (primary N) is 1. The predicted molar refractivity (Wildman–Crippen MR) is 86.1 cm³/mol. The number of fused-ring (bicyclic) bond motifs is 1. The third-order valence-electron chi connectivity index (χ3n) is 3.80. The van der Waals surface area contributed by atoms with Crippen molar-refractivity contribution in [2.24, 2.45) is 5.73 Å². The summed E-state index contributed by atoms with van der Waals surface area (Å²) in [7, 11) is 0. The first-order valence-electron chi connectivity index (χ1n) is 7.41. The van der Waals surface area contributed by atoms with Gasteiger partial charge in [-0.25, -0.2) is 4.79 Å². The summed E-state index contributed by atoms with van der Waals surface area (Å²) in [5, 5.41) is 0.888. The zero-order valence-electron chi connectivity index (χ0n) is 12.8. The van der Waals surface area contributed by atoms with Crippen LogP contribution in [0.5, 0.6) is 0 Å². The zero-order valence-corrected chi connectivity index (χ0v) is 12.8. The van der Waals surface area contributed by atoms with Crippen LogP contribution in [0.1, 0.15) is 28.4 Å². The van der Waals surface area contributed by atoms with E-state index in [2.05, 4.69) is 0 Å². The lowest BCUT2D eigenvalue weighted by molar-refractivity contribution is -0.688. The monoisotopic (exact) mass is 309 g/mol. The van der Waals surface area contributed by atoms with Crippen molar-refractivity contribution in [3.63, 3.8) is 0 Å². The SMILES string of the molecule is CCc1ccc2c(C[n+]3cccc(C(N)=O)c3)cc(=O)oc2c1. The van der Waals surface area contributed by atoms with Gasteiger partial charge < -0.3 is 10.2 Å². The Bertz CT molecular complexity index is 944. The van der Waals surface area contributed by atoms with E-state index in [1.165, 1.54) is 6.07 Å². The molecule has 0 saturated carbocycles. The molecule has 0 atom stereocenters. The van der Waals surface area contributed by atoms with Crippen LogP contribution < -0.4 is 15.9 Å². The fourth-order valence-electron chi connectivity index (χ4n) is 2.59. The van der Waals surface area contributed by atoms with E-state index in [9.17, 15) is 9.59 Å². The number of aryl methyl sites for hydroxylation is 1. The summed E-state index contributed by atoms with van der Waals surface area (Å²) in [5.74, 6) is -0.482. The summed E-state index contributed by atoms with van der Waals surface area (Å²) in [6, 6.07) is 10.8. The number of benzene rings is 1. The minimum absolute atomic E-state index is 0.382. The standard InChI is InChI=1S/C18H16N2O3/c1-2-12-5-6-15-14(9-17(21)23-16(15)8-12)11-20-7-3-4-13(10-20)18(19)22/h3-10H,2,11H2,1H3,(H-,19,22)/p+1. The second-order valence-corrected chi connectivity index (χ2v) is 5.40. The van der Waals surface area contributed by atoms with Crippen molar-refractivity contribution in [3.05, 3.63) is 75.9 Å². The topological polar surface area (TPSA) is 77.2 Å². The van der Waals surface area contributed by atoms with Gasteiger partial charge in [-0.05, 0) is 24.1 Å². The summed E-state index contributed by atoms with van der Waals surface area (Å²) >= 11 is 0. The highest BCUT2D eigenvalue weighted by atomic mass is 16.4. The quantitative estimate of drug-likeness (QED) is 0.589. The number of primary amides is 1. The highest BCUT2D eigenvalue weighted by Crippen LogP contribution is 2.19. The summed E-state index contributed by atoms with van der Waals surface area (Å²) in [6.07, 6.45) is 4.37. The highest BCUT2D eigenvalue weighted by molar-refractivity contribution is 5.92. The number of pyridine rings is 1. The molecule has 0 aliphatic rings. The van der Waals surface area contributed by atoms with Crippen molar-refractivity contribution >= 4 is 16.9 Å². The minimum atomic E-state index is -0.482. The van der Waals surface area contributed by atoms with Crippen LogP contribution in [0.2, 0.25) is 0 Å². The Kier molecular flexibility index (Phi) is 3.93. The molecular weight excluding hydrogens is 292 g/mol. The van der Waals surface area contributed by atoms with E-state index in [0.717, 1.165) is 22.9 Å². The van der Waals surface area contributed by atoms with Gasteiger partial charge in [0.05, 0.1) is 0 Å². The number of amides is 1. The molecule has 0 bridgehead atoms. The van der Waals surface area contributed by atoms with Crippen molar-refractivity contribution in [1.29, 1.82) is 0 Å². The number of hydrogen-bond acceptors (Lipinski definition) is 3. The number of nitrogens with zero attached hydrogens (tertiary/aromatic N) is 1. The molecule has 1 aromatic carbocycles. The number of aromatic nitrogens is 1. The number of carbonyl (C=O) groups excluding carboxylic acids is 1. The maximum atomic E-state index is 11.8. The van der Waals surface area contributed by atoms with Crippen molar-refractivity contribution in [3.8, 4) is 0 Å². The van der Waals surface area contributed by atoms with Crippen LogP contribution in [0.4, 0.5) is 0 Å². The number of rotatable bonds is 4. The minimum Gasteiger partial charge on any atom is -0.423 e. The van der Waals surface area contributed by atoms with Crippen LogP contribution in [0.25, 0.3) is 11.0 Å². The third kappa shape index (κ3) is 3.13. The third-order valence-corrected chi connectivity index (χ3v) is 3.80. The first-order valence-corrected chi connectivity index (χ1v) is 7.41. The molecular formula is C18H17N2O3+. The maximum absolute atomic E-state index is 11.8. The molecule has 3 aromatic rings. The fraction of sp³-hybridized carbons (Fsp3) is 0.167. The van der Waals surface area contributed by atoms with E-state index in [4.69, 9.17) is 10.2 Å². The molecule has 1 amide bonds. The summed E-state index contributed by atoms with van der Waals surface area (Å²) < 4.78 is 7.13. The van der Waals surface area contributed by atoms with E-state index in [1.807, 2.05) is 35.9 Å². The maximum Gasteiger partial charge on any atom is 0.336 e.